The normalized spacial score (nSPS) is 19.3. The smallest absolute Gasteiger partial charge is 0.239 e. The fourth-order valence-electron chi connectivity index (χ4n) is 2.73. The first-order valence-electron chi connectivity index (χ1n) is 7.85. The summed E-state index contributed by atoms with van der Waals surface area (Å²) in [4.78, 5) is 19.1. The third-order valence-electron chi connectivity index (χ3n) is 4.12. The van der Waals surface area contributed by atoms with Crippen molar-refractivity contribution >= 4 is 5.91 Å². The standard InChI is InChI=1S/C15H32N4O/c1-5-6-14(16)15(20)19(12-11-17(2)3)13-7-9-18(4)10-8-13/h13-14H,5-12,16H2,1-4H3. The maximum Gasteiger partial charge on any atom is 0.239 e. The van der Waals surface area contributed by atoms with Crippen molar-refractivity contribution in [2.24, 2.45) is 5.73 Å². The highest BCUT2D eigenvalue weighted by atomic mass is 16.2. The average Bonchev–Trinajstić information content (AvgIpc) is 2.40. The second-order valence-electron chi connectivity index (χ2n) is 6.26. The number of carbonyl (C=O) groups is 1. The van der Waals surface area contributed by atoms with Gasteiger partial charge in [-0.3, -0.25) is 4.79 Å². The lowest BCUT2D eigenvalue weighted by Gasteiger charge is -2.39. The van der Waals surface area contributed by atoms with E-state index < -0.39 is 0 Å². The maximum absolute atomic E-state index is 12.6. The number of likely N-dealkylation sites (N-methyl/N-ethyl adjacent to an activating group) is 1. The van der Waals surface area contributed by atoms with Gasteiger partial charge in [-0.05, 0) is 53.5 Å². The summed E-state index contributed by atoms with van der Waals surface area (Å²) < 4.78 is 0. The lowest BCUT2D eigenvalue weighted by molar-refractivity contribution is -0.136. The summed E-state index contributed by atoms with van der Waals surface area (Å²) in [6, 6.07) is 0.0309. The monoisotopic (exact) mass is 284 g/mol. The molecule has 5 nitrogen and oxygen atoms in total. The molecule has 0 aromatic heterocycles. The molecule has 1 atom stereocenters. The minimum atomic E-state index is -0.332. The molecule has 1 unspecified atom stereocenters. The van der Waals surface area contributed by atoms with Crippen molar-refractivity contribution in [3.8, 4) is 0 Å². The number of hydrogen-bond acceptors (Lipinski definition) is 4. The van der Waals surface area contributed by atoms with Crippen LogP contribution in [-0.4, -0.2) is 80.0 Å². The van der Waals surface area contributed by atoms with Gasteiger partial charge in [-0.2, -0.15) is 0 Å². The Morgan fingerprint density at radius 2 is 1.90 bits per heavy atom. The molecule has 1 fully saturated rings. The van der Waals surface area contributed by atoms with Gasteiger partial charge in [0.15, 0.2) is 0 Å². The number of amides is 1. The molecule has 20 heavy (non-hydrogen) atoms. The van der Waals surface area contributed by atoms with Crippen LogP contribution in [0.5, 0.6) is 0 Å². The van der Waals surface area contributed by atoms with Crippen molar-refractivity contribution in [2.75, 3.05) is 47.3 Å². The minimum Gasteiger partial charge on any atom is -0.337 e. The Kier molecular flexibility index (Phi) is 7.48. The van der Waals surface area contributed by atoms with Gasteiger partial charge < -0.3 is 20.4 Å². The van der Waals surface area contributed by atoms with Crippen molar-refractivity contribution < 1.29 is 4.79 Å². The Bertz CT molecular complexity index is 288. The Labute approximate surface area is 124 Å². The highest BCUT2D eigenvalue weighted by Crippen LogP contribution is 2.17. The van der Waals surface area contributed by atoms with Crippen molar-refractivity contribution in [1.82, 2.24) is 14.7 Å². The molecule has 2 N–H and O–H groups in total. The molecule has 0 spiro atoms. The third kappa shape index (κ3) is 5.38. The molecule has 118 valence electrons. The average molecular weight is 284 g/mol. The van der Waals surface area contributed by atoms with Crippen LogP contribution >= 0.6 is 0 Å². The van der Waals surface area contributed by atoms with Gasteiger partial charge in [-0.25, -0.2) is 0 Å². The van der Waals surface area contributed by atoms with E-state index in [1.165, 1.54) is 0 Å². The van der Waals surface area contributed by atoms with Crippen LogP contribution in [0.15, 0.2) is 0 Å². The predicted molar refractivity (Wildman–Crippen MR) is 83.7 cm³/mol. The van der Waals surface area contributed by atoms with E-state index in [1.54, 1.807) is 0 Å². The second-order valence-corrected chi connectivity index (χ2v) is 6.26. The number of likely N-dealkylation sites (tertiary alicyclic amines) is 1. The molecule has 0 aromatic rings. The van der Waals surface area contributed by atoms with E-state index in [2.05, 4.69) is 23.8 Å². The molecule has 0 saturated carbocycles. The summed E-state index contributed by atoms with van der Waals surface area (Å²) in [7, 11) is 6.23. The molecule has 1 amide bonds. The topological polar surface area (TPSA) is 52.8 Å². The first-order chi connectivity index (χ1) is 9.45. The number of nitrogens with zero attached hydrogens (tertiary/aromatic N) is 3. The summed E-state index contributed by atoms with van der Waals surface area (Å²) in [5, 5.41) is 0. The SMILES string of the molecule is CCCC(N)C(=O)N(CCN(C)C)C1CCN(C)CC1. The molecular weight excluding hydrogens is 252 g/mol. The van der Waals surface area contributed by atoms with Gasteiger partial charge >= 0.3 is 0 Å². The molecule has 1 aliphatic heterocycles. The molecule has 1 heterocycles. The van der Waals surface area contributed by atoms with Crippen LogP contribution in [0.4, 0.5) is 0 Å². The van der Waals surface area contributed by atoms with Crippen molar-refractivity contribution in [1.29, 1.82) is 0 Å². The number of carbonyl (C=O) groups excluding carboxylic acids is 1. The number of piperidine rings is 1. The van der Waals surface area contributed by atoms with Crippen LogP contribution in [0.25, 0.3) is 0 Å². The van der Waals surface area contributed by atoms with Crippen LogP contribution in [0.3, 0.4) is 0 Å². The first-order valence-corrected chi connectivity index (χ1v) is 7.85. The van der Waals surface area contributed by atoms with E-state index in [9.17, 15) is 4.79 Å². The molecule has 0 aliphatic carbocycles. The Balaban J connectivity index is 2.66. The quantitative estimate of drug-likeness (QED) is 0.744. The van der Waals surface area contributed by atoms with Gasteiger partial charge in [0.1, 0.15) is 0 Å². The summed E-state index contributed by atoms with van der Waals surface area (Å²) in [6.45, 7) is 5.90. The number of nitrogens with two attached hydrogens (primary N) is 1. The predicted octanol–water partition coefficient (Wildman–Crippen LogP) is 0.598. The van der Waals surface area contributed by atoms with E-state index in [0.717, 1.165) is 51.9 Å². The van der Waals surface area contributed by atoms with Crippen molar-refractivity contribution in [3.05, 3.63) is 0 Å². The van der Waals surface area contributed by atoms with Crippen LogP contribution in [0.2, 0.25) is 0 Å². The van der Waals surface area contributed by atoms with Crippen LogP contribution < -0.4 is 5.73 Å². The lowest BCUT2D eigenvalue weighted by Crippen LogP contribution is -2.53. The van der Waals surface area contributed by atoms with E-state index in [0.29, 0.717) is 6.04 Å². The number of hydrogen-bond donors (Lipinski definition) is 1. The van der Waals surface area contributed by atoms with Crippen molar-refractivity contribution in [3.63, 3.8) is 0 Å². The molecule has 0 radical (unpaired) electrons. The largest absolute Gasteiger partial charge is 0.337 e. The van der Waals surface area contributed by atoms with Crippen LogP contribution in [-0.2, 0) is 4.79 Å². The Morgan fingerprint density at radius 3 is 2.40 bits per heavy atom. The highest BCUT2D eigenvalue weighted by Gasteiger charge is 2.29. The molecule has 1 saturated heterocycles. The zero-order chi connectivity index (χ0) is 15.1. The molecular formula is C15H32N4O. The van der Waals surface area contributed by atoms with Gasteiger partial charge in [0.2, 0.25) is 5.91 Å². The van der Waals surface area contributed by atoms with Crippen LogP contribution in [0.1, 0.15) is 32.6 Å². The fourth-order valence-corrected chi connectivity index (χ4v) is 2.73. The first kappa shape index (κ1) is 17.4. The maximum atomic E-state index is 12.6. The summed E-state index contributed by atoms with van der Waals surface area (Å²) in [5.74, 6) is 0.142. The van der Waals surface area contributed by atoms with E-state index >= 15 is 0 Å². The van der Waals surface area contributed by atoms with E-state index in [4.69, 9.17) is 5.73 Å². The minimum absolute atomic E-state index is 0.142. The van der Waals surface area contributed by atoms with Crippen LogP contribution in [0, 0.1) is 0 Å². The van der Waals surface area contributed by atoms with Gasteiger partial charge in [-0.1, -0.05) is 13.3 Å². The molecule has 5 heteroatoms. The zero-order valence-electron chi connectivity index (χ0n) is 13.6. The van der Waals surface area contributed by atoms with Crippen molar-refractivity contribution in [2.45, 2.75) is 44.7 Å². The molecule has 1 rings (SSSR count). The third-order valence-corrected chi connectivity index (χ3v) is 4.12. The summed E-state index contributed by atoms with van der Waals surface area (Å²) in [5.41, 5.74) is 6.05. The van der Waals surface area contributed by atoms with Gasteiger partial charge in [0, 0.05) is 19.1 Å². The Morgan fingerprint density at radius 1 is 1.30 bits per heavy atom. The highest BCUT2D eigenvalue weighted by molar-refractivity contribution is 5.82. The number of rotatable bonds is 7. The fraction of sp³-hybridized carbons (Fsp3) is 0.933. The van der Waals surface area contributed by atoms with Gasteiger partial charge in [-0.15, -0.1) is 0 Å². The lowest BCUT2D eigenvalue weighted by atomic mass is 10.0. The zero-order valence-corrected chi connectivity index (χ0v) is 13.6. The molecule has 0 bridgehead atoms. The van der Waals surface area contributed by atoms with Gasteiger partial charge in [0.25, 0.3) is 0 Å². The molecule has 1 aliphatic rings. The Hall–Kier alpha value is -0.650. The summed E-state index contributed by atoms with van der Waals surface area (Å²) in [6.07, 6.45) is 3.87. The van der Waals surface area contributed by atoms with E-state index in [1.807, 2.05) is 19.0 Å². The summed E-state index contributed by atoms with van der Waals surface area (Å²) >= 11 is 0. The van der Waals surface area contributed by atoms with Gasteiger partial charge in [0.05, 0.1) is 6.04 Å². The molecule has 0 aromatic carbocycles. The van der Waals surface area contributed by atoms with E-state index in [-0.39, 0.29) is 11.9 Å². The second kappa shape index (κ2) is 8.60.